The number of rotatable bonds is 6. The predicted molar refractivity (Wildman–Crippen MR) is 79.5 cm³/mol. The molecule has 0 bridgehead atoms. The molecule has 0 spiro atoms. The quantitative estimate of drug-likeness (QED) is 0.826. The van der Waals surface area contributed by atoms with Crippen LogP contribution in [0.1, 0.15) is 44.5 Å². The van der Waals surface area contributed by atoms with Crippen molar-refractivity contribution in [3.8, 4) is 0 Å². The molecule has 0 saturated heterocycles. The molecule has 1 heterocycles. The molecule has 2 rings (SSSR count). The Labute approximate surface area is 129 Å². The van der Waals surface area contributed by atoms with Gasteiger partial charge in [0.1, 0.15) is 5.54 Å². The summed E-state index contributed by atoms with van der Waals surface area (Å²) in [5.74, 6) is -1.46. The maximum absolute atomic E-state index is 12.4. The standard InChI is InChI=1S/C15H23N3O4/c1-5-18-9-10(8-16-18)12(19)17-15(13(20)21)7-11(22-6-2)14(15,3)4/h8-9,11H,5-7H2,1-4H3,(H,17,19)(H,20,21)/t11-,15+/m0/s1. The Morgan fingerprint density at radius 2 is 2.18 bits per heavy atom. The molecule has 0 aromatic carbocycles. The van der Waals surface area contributed by atoms with Gasteiger partial charge in [-0.25, -0.2) is 4.79 Å². The third-order valence-electron chi connectivity index (χ3n) is 4.68. The summed E-state index contributed by atoms with van der Waals surface area (Å²) in [6, 6.07) is 0. The van der Waals surface area contributed by atoms with Crippen molar-refractivity contribution >= 4 is 11.9 Å². The highest BCUT2D eigenvalue weighted by Crippen LogP contribution is 2.51. The van der Waals surface area contributed by atoms with Gasteiger partial charge in [-0.2, -0.15) is 5.10 Å². The molecule has 1 fully saturated rings. The van der Waals surface area contributed by atoms with Gasteiger partial charge in [-0.1, -0.05) is 13.8 Å². The second-order valence-electron chi connectivity index (χ2n) is 6.12. The molecule has 1 aliphatic carbocycles. The van der Waals surface area contributed by atoms with E-state index in [1.165, 1.54) is 6.20 Å². The summed E-state index contributed by atoms with van der Waals surface area (Å²) in [4.78, 5) is 24.2. The Hall–Kier alpha value is -1.89. The molecule has 122 valence electrons. The van der Waals surface area contributed by atoms with E-state index in [9.17, 15) is 14.7 Å². The third kappa shape index (κ3) is 2.39. The fourth-order valence-corrected chi connectivity index (χ4v) is 2.96. The molecule has 1 aromatic rings. The van der Waals surface area contributed by atoms with Gasteiger partial charge in [-0.15, -0.1) is 0 Å². The Morgan fingerprint density at radius 3 is 2.64 bits per heavy atom. The molecular weight excluding hydrogens is 286 g/mol. The highest BCUT2D eigenvalue weighted by Gasteiger charge is 2.66. The molecule has 1 saturated carbocycles. The summed E-state index contributed by atoms with van der Waals surface area (Å²) in [6.45, 7) is 8.56. The van der Waals surface area contributed by atoms with E-state index < -0.39 is 22.8 Å². The van der Waals surface area contributed by atoms with Gasteiger partial charge in [-0.05, 0) is 13.8 Å². The van der Waals surface area contributed by atoms with Crippen molar-refractivity contribution in [3.63, 3.8) is 0 Å². The summed E-state index contributed by atoms with van der Waals surface area (Å²) < 4.78 is 7.20. The zero-order valence-corrected chi connectivity index (χ0v) is 13.4. The molecule has 0 unspecified atom stereocenters. The van der Waals surface area contributed by atoms with Crippen LogP contribution in [0, 0.1) is 5.41 Å². The van der Waals surface area contributed by atoms with Crippen molar-refractivity contribution in [1.29, 1.82) is 0 Å². The lowest BCUT2D eigenvalue weighted by Crippen LogP contribution is -2.76. The highest BCUT2D eigenvalue weighted by atomic mass is 16.5. The summed E-state index contributed by atoms with van der Waals surface area (Å²) in [7, 11) is 0. The Balaban J connectivity index is 2.20. The predicted octanol–water partition coefficient (Wildman–Crippen LogP) is 1.29. The number of nitrogens with zero attached hydrogens (tertiary/aromatic N) is 2. The number of nitrogens with one attached hydrogen (secondary N) is 1. The van der Waals surface area contributed by atoms with Crippen LogP contribution in [0.5, 0.6) is 0 Å². The molecule has 0 aliphatic heterocycles. The number of carbonyl (C=O) groups excluding carboxylic acids is 1. The molecule has 0 radical (unpaired) electrons. The minimum Gasteiger partial charge on any atom is -0.479 e. The second-order valence-corrected chi connectivity index (χ2v) is 6.12. The first-order valence-electron chi connectivity index (χ1n) is 7.48. The van der Waals surface area contributed by atoms with E-state index in [1.807, 2.05) is 13.8 Å². The molecule has 1 aliphatic rings. The molecular formula is C15H23N3O4. The van der Waals surface area contributed by atoms with Crippen LogP contribution >= 0.6 is 0 Å². The van der Waals surface area contributed by atoms with Crippen molar-refractivity contribution in [2.75, 3.05) is 6.61 Å². The molecule has 1 aromatic heterocycles. The van der Waals surface area contributed by atoms with Crippen LogP contribution in [-0.2, 0) is 16.1 Å². The fourth-order valence-electron chi connectivity index (χ4n) is 2.96. The molecule has 2 N–H and O–H groups in total. The van der Waals surface area contributed by atoms with E-state index in [0.29, 0.717) is 18.7 Å². The number of ether oxygens (including phenoxy) is 1. The van der Waals surface area contributed by atoms with Gasteiger partial charge < -0.3 is 15.2 Å². The smallest absolute Gasteiger partial charge is 0.330 e. The lowest BCUT2D eigenvalue weighted by Gasteiger charge is -2.58. The fraction of sp³-hybridized carbons (Fsp3) is 0.667. The van der Waals surface area contributed by atoms with E-state index in [-0.39, 0.29) is 12.5 Å². The van der Waals surface area contributed by atoms with E-state index in [0.717, 1.165) is 0 Å². The number of carboxylic acids is 1. The Morgan fingerprint density at radius 1 is 1.50 bits per heavy atom. The van der Waals surface area contributed by atoms with E-state index in [1.54, 1.807) is 24.7 Å². The average molecular weight is 309 g/mol. The topological polar surface area (TPSA) is 93.5 Å². The summed E-state index contributed by atoms with van der Waals surface area (Å²) in [5, 5.41) is 16.4. The molecule has 22 heavy (non-hydrogen) atoms. The average Bonchev–Trinajstić information content (AvgIpc) is 2.94. The Kier molecular flexibility index (Phi) is 4.28. The minimum absolute atomic E-state index is 0.188. The maximum atomic E-state index is 12.4. The second kappa shape index (κ2) is 5.72. The van der Waals surface area contributed by atoms with Gasteiger partial charge in [0, 0.05) is 31.2 Å². The van der Waals surface area contributed by atoms with Crippen molar-refractivity contribution in [2.45, 2.75) is 52.3 Å². The van der Waals surface area contributed by atoms with Crippen LogP contribution in [-0.4, -0.2) is 45.0 Å². The monoisotopic (exact) mass is 309 g/mol. The molecule has 7 heteroatoms. The highest BCUT2D eigenvalue weighted by molar-refractivity contribution is 5.98. The normalized spacial score (nSPS) is 26.3. The first kappa shape index (κ1) is 16.5. The van der Waals surface area contributed by atoms with Crippen molar-refractivity contribution in [3.05, 3.63) is 18.0 Å². The summed E-state index contributed by atoms with van der Waals surface area (Å²) in [5.41, 5.74) is -1.65. The van der Waals surface area contributed by atoms with Gasteiger partial charge in [0.15, 0.2) is 0 Å². The lowest BCUT2D eigenvalue weighted by atomic mass is 9.54. The third-order valence-corrected chi connectivity index (χ3v) is 4.68. The number of aryl methyl sites for hydroxylation is 1. The zero-order chi connectivity index (χ0) is 16.5. The SMILES string of the molecule is CCO[C@H]1C[C@@](NC(=O)c2cnn(CC)c2)(C(=O)O)C1(C)C. The van der Waals surface area contributed by atoms with Crippen molar-refractivity contribution in [1.82, 2.24) is 15.1 Å². The lowest BCUT2D eigenvalue weighted by molar-refractivity contribution is -0.190. The van der Waals surface area contributed by atoms with Crippen molar-refractivity contribution < 1.29 is 19.4 Å². The first-order chi connectivity index (χ1) is 10.3. The molecule has 2 atom stereocenters. The summed E-state index contributed by atoms with van der Waals surface area (Å²) >= 11 is 0. The van der Waals surface area contributed by atoms with Crippen LogP contribution in [0.15, 0.2) is 12.4 Å². The van der Waals surface area contributed by atoms with Crippen LogP contribution < -0.4 is 5.32 Å². The van der Waals surface area contributed by atoms with E-state index in [4.69, 9.17) is 4.74 Å². The minimum atomic E-state index is -1.32. The Bertz CT molecular complexity index is 581. The van der Waals surface area contributed by atoms with Gasteiger partial charge >= 0.3 is 5.97 Å². The van der Waals surface area contributed by atoms with Crippen LogP contribution in [0.25, 0.3) is 0 Å². The zero-order valence-electron chi connectivity index (χ0n) is 13.4. The van der Waals surface area contributed by atoms with Crippen LogP contribution in [0.3, 0.4) is 0 Å². The van der Waals surface area contributed by atoms with Gasteiger partial charge in [0.05, 0.1) is 17.9 Å². The van der Waals surface area contributed by atoms with E-state index in [2.05, 4.69) is 10.4 Å². The number of hydrogen-bond acceptors (Lipinski definition) is 4. The van der Waals surface area contributed by atoms with Gasteiger partial charge in [-0.3, -0.25) is 9.48 Å². The van der Waals surface area contributed by atoms with Gasteiger partial charge in [0.2, 0.25) is 0 Å². The number of aliphatic carboxylic acids is 1. The first-order valence-corrected chi connectivity index (χ1v) is 7.48. The van der Waals surface area contributed by atoms with Gasteiger partial charge in [0.25, 0.3) is 5.91 Å². The number of carboxylic acid groups (broad SMARTS) is 1. The number of amides is 1. The van der Waals surface area contributed by atoms with Crippen LogP contribution in [0.4, 0.5) is 0 Å². The molecule has 1 amide bonds. The maximum Gasteiger partial charge on any atom is 0.330 e. The number of aromatic nitrogens is 2. The number of carbonyl (C=O) groups is 2. The largest absolute Gasteiger partial charge is 0.479 e. The number of hydrogen-bond donors (Lipinski definition) is 2. The van der Waals surface area contributed by atoms with Crippen LogP contribution in [0.2, 0.25) is 0 Å². The summed E-state index contributed by atoms with van der Waals surface area (Å²) in [6.07, 6.45) is 3.13. The molecule has 7 nitrogen and oxygen atoms in total. The van der Waals surface area contributed by atoms with Crippen molar-refractivity contribution in [2.24, 2.45) is 5.41 Å². The van der Waals surface area contributed by atoms with E-state index >= 15 is 0 Å².